The summed E-state index contributed by atoms with van der Waals surface area (Å²) in [4.78, 5) is 63.0. The zero-order valence-corrected chi connectivity index (χ0v) is 22.6. The number of hydrogen-bond acceptors (Lipinski definition) is 7. The molecule has 3 amide bonds. The molecule has 2 bridgehead atoms. The molecule has 1 heterocycles. The van der Waals surface area contributed by atoms with E-state index >= 15 is 0 Å². The van der Waals surface area contributed by atoms with Crippen molar-refractivity contribution in [1.82, 2.24) is 10.0 Å². The number of hydrazine groups is 1. The van der Waals surface area contributed by atoms with E-state index in [0.29, 0.717) is 6.42 Å². The monoisotopic (exact) mass is 654 g/mol. The number of halogens is 3. The molecule has 11 nitrogen and oxygen atoms in total. The second-order valence-electron chi connectivity index (χ2n) is 9.16. The van der Waals surface area contributed by atoms with E-state index in [4.69, 9.17) is 11.6 Å². The molecule has 2 aromatic carbocycles. The smallest absolute Gasteiger partial charge is 0.272 e. The van der Waals surface area contributed by atoms with Crippen LogP contribution < -0.4 is 0 Å². The standard InChI is InChI=1S/C23H17Br2ClN4O7/c24-19-13-8-14(20(19)25)18-17(13)22(32)28(23(18)33)27(9-10-5-6-11(26)7-16(10)30(36)37)21(31)12-3-1-2-4-15(12)29(34)35/h1-7,13-14,17-20H,8-9H2/t13-,14-,17-,18-,19-,20+/m1/s1. The minimum atomic E-state index is -1.00. The van der Waals surface area contributed by atoms with E-state index in [2.05, 4.69) is 31.9 Å². The number of carbonyl (C=O) groups is 3. The molecule has 2 saturated carbocycles. The summed E-state index contributed by atoms with van der Waals surface area (Å²) in [7, 11) is 0. The number of alkyl halides is 2. The number of imide groups is 1. The van der Waals surface area contributed by atoms with Gasteiger partial charge in [-0.1, -0.05) is 55.6 Å². The molecule has 2 aliphatic carbocycles. The Morgan fingerprint density at radius 3 is 2.11 bits per heavy atom. The minimum absolute atomic E-state index is 0.00120. The van der Waals surface area contributed by atoms with Crippen LogP contribution in [0.5, 0.6) is 0 Å². The summed E-state index contributed by atoms with van der Waals surface area (Å²) < 4.78 is 0. The molecule has 3 aliphatic rings. The normalized spacial score (nSPS) is 27.9. The van der Waals surface area contributed by atoms with Crippen molar-refractivity contribution < 1.29 is 24.2 Å². The fourth-order valence-corrected chi connectivity index (χ4v) is 7.80. The lowest BCUT2D eigenvalue weighted by atomic mass is 9.81. The van der Waals surface area contributed by atoms with Crippen LogP contribution in [-0.2, 0) is 16.1 Å². The number of amides is 3. The Hall–Kier alpha value is -2.90. The first-order valence-electron chi connectivity index (χ1n) is 11.2. The van der Waals surface area contributed by atoms with Crippen molar-refractivity contribution in [3.05, 3.63) is 78.8 Å². The van der Waals surface area contributed by atoms with E-state index < -0.39 is 57.3 Å². The van der Waals surface area contributed by atoms with Crippen LogP contribution in [0.1, 0.15) is 22.3 Å². The summed E-state index contributed by atoms with van der Waals surface area (Å²) in [6, 6.07) is 8.92. The first-order chi connectivity index (χ1) is 17.5. The Bertz CT molecular complexity index is 1340. The predicted molar refractivity (Wildman–Crippen MR) is 137 cm³/mol. The lowest BCUT2D eigenvalue weighted by Crippen LogP contribution is -2.50. The van der Waals surface area contributed by atoms with Crippen LogP contribution in [-0.4, -0.2) is 47.2 Å². The number of carbonyl (C=O) groups excluding carboxylic acids is 3. The van der Waals surface area contributed by atoms with Gasteiger partial charge in [0.2, 0.25) is 0 Å². The maximum absolute atomic E-state index is 13.8. The molecule has 0 N–H and O–H groups in total. The average molecular weight is 657 g/mol. The summed E-state index contributed by atoms with van der Waals surface area (Å²) in [5, 5.41) is 24.9. The van der Waals surface area contributed by atoms with Crippen molar-refractivity contribution in [3.8, 4) is 0 Å². The van der Waals surface area contributed by atoms with E-state index in [0.717, 1.165) is 22.2 Å². The van der Waals surface area contributed by atoms with Crippen molar-refractivity contribution in [2.75, 3.05) is 0 Å². The highest BCUT2D eigenvalue weighted by atomic mass is 79.9. The SMILES string of the molecule is O=C(c1ccccc1[N+](=O)[O-])N(Cc1ccc(Cl)cc1[N+](=O)[O-])N1C(=O)[C@@H]2[C@H]3C[C@@H]([C@@H](Br)[C@H]3Br)[C@H]2C1=O. The average Bonchev–Trinajstić information content (AvgIpc) is 3.47. The second kappa shape index (κ2) is 9.44. The van der Waals surface area contributed by atoms with Gasteiger partial charge in [-0.15, -0.1) is 0 Å². The molecule has 1 aliphatic heterocycles. The minimum Gasteiger partial charge on any atom is -0.272 e. The Morgan fingerprint density at radius 1 is 0.973 bits per heavy atom. The number of benzene rings is 2. The third kappa shape index (κ3) is 4.03. The van der Waals surface area contributed by atoms with Crippen LogP contribution in [0.3, 0.4) is 0 Å². The van der Waals surface area contributed by atoms with Gasteiger partial charge in [0.1, 0.15) is 5.56 Å². The number of para-hydroxylation sites is 1. The lowest BCUT2D eigenvalue weighted by Gasteiger charge is -2.31. The second-order valence-corrected chi connectivity index (χ2v) is 11.7. The van der Waals surface area contributed by atoms with E-state index in [-0.39, 0.29) is 37.6 Å². The van der Waals surface area contributed by atoms with Crippen LogP contribution in [0.15, 0.2) is 42.5 Å². The number of hydrogen-bond donors (Lipinski definition) is 0. The first-order valence-corrected chi connectivity index (χ1v) is 13.4. The molecule has 2 aromatic rings. The molecule has 3 fully saturated rings. The number of nitrogens with zero attached hydrogens (tertiary/aromatic N) is 4. The molecule has 0 spiro atoms. The van der Waals surface area contributed by atoms with Gasteiger partial charge < -0.3 is 0 Å². The van der Waals surface area contributed by atoms with Crippen LogP contribution in [0, 0.1) is 43.9 Å². The van der Waals surface area contributed by atoms with Gasteiger partial charge in [0.15, 0.2) is 0 Å². The molecule has 14 heteroatoms. The van der Waals surface area contributed by atoms with Crippen molar-refractivity contribution in [3.63, 3.8) is 0 Å². The van der Waals surface area contributed by atoms with Crippen LogP contribution >= 0.6 is 43.5 Å². The third-order valence-electron chi connectivity index (χ3n) is 7.33. The highest BCUT2D eigenvalue weighted by molar-refractivity contribution is 9.12. The zero-order chi connectivity index (χ0) is 26.8. The summed E-state index contributed by atoms with van der Waals surface area (Å²) in [5.41, 5.74) is -1.31. The molecule has 0 aromatic heterocycles. The fourth-order valence-electron chi connectivity index (χ4n) is 5.76. The van der Waals surface area contributed by atoms with Crippen molar-refractivity contribution in [2.24, 2.45) is 23.7 Å². The van der Waals surface area contributed by atoms with Gasteiger partial charge in [0.05, 0.1) is 33.8 Å². The summed E-state index contributed by atoms with van der Waals surface area (Å²) >= 11 is 13.1. The fraction of sp³-hybridized carbons (Fsp3) is 0.348. The lowest BCUT2D eigenvalue weighted by molar-refractivity contribution is -0.385. The molecule has 6 atom stereocenters. The summed E-state index contributed by atoms with van der Waals surface area (Å²) in [5.74, 6) is -3.84. The van der Waals surface area contributed by atoms with Gasteiger partial charge in [-0.05, 0) is 36.5 Å². The number of fused-ring (bicyclic) bond motifs is 5. The van der Waals surface area contributed by atoms with E-state index in [1.165, 1.54) is 30.3 Å². The topological polar surface area (TPSA) is 144 Å². The van der Waals surface area contributed by atoms with Crippen molar-refractivity contribution in [2.45, 2.75) is 22.6 Å². The van der Waals surface area contributed by atoms with Gasteiger partial charge in [-0.2, -0.15) is 5.01 Å². The van der Waals surface area contributed by atoms with E-state index in [1.807, 2.05) is 0 Å². The molecular formula is C23H17Br2ClN4O7. The van der Waals surface area contributed by atoms with Crippen LogP contribution in [0.4, 0.5) is 11.4 Å². The molecule has 1 saturated heterocycles. The van der Waals surface area contributed by atoms with Crippen molar-refractivity contribution in [1.29, 1.82) is 0 Å². The van der Waals surface area contributed by atoms with Crippen LogP contribution in [0.2, 0.25) is 5.02 Å². The number of nitro groups is 2. The highest BCUT2D eigenvalue weighted by Gasteiger charge is 2.67. The van der Waals surface area contributed by atoms with E-state index in [1.54, 1.807) is 0 Å². The first kappa shape index (κ1) is 25.7. The quantitative estimate of drug-likeness (QED) is 0.193. The molecule has 37 heavy (non-hydrogen) atoms. The van der Waals surface area contributed by atoms with Gasteiger partial charge in [-0.25, -0.2) is 5.01 Å². The summed E-state index contributed by atoms with van der Waals surface area (Å²) in [6.45, 7) is -0.555. The summed E-state index contributed by atoms with van der Waals surface area (Å²) in [6.07, 6.45) is 0.660. The maximum Gasteiger partial charge on any atom is 0.282 e. The maximum atomic E-state index is 13.8. The van der Waals surface area contributed by atoms with Crippen molar-refractivity contribution >= 4 is 72.6 Å². The largest absolute Gasteiger partial charge is 0.282 e. The number of nitro benzene ring substituents is 2. The Labute approximate surface area is 231 Å². The molecule has 0 unspecified atom stereocenters. The molecule has 192 valence electrons. The van der Waals surface area contributed by atoms with Crippen LogP contribution in [0.25, 0.3) is 0 Å². The van der Waals surface area contributed by atoms with Gasteiger partial charge in [0.25, 0.3) is 29.1 Å². The zero-order valence-electron chi connectivity index (χ0n) is 18.7. The highest BCUT2D eigenvalue weighted by Crippen LogP contribution is 2.60. The Kier molecular flexibility index (Phi) is 6.57. The van der Waals surface area contributed by atoms with E-state index in [9.17, 15) is 34.6 Å². The third-order valence-corrected chi connectivity index (χ3v) is 10.8. The molecule has 0 radical (unpaired) electrons. The number of rotatable bonds is 6. The predicted octanol–water partition coefficient (Wildman–Crippen LogP) is 4.49. The van der Waals surface area contributed by atoms with Gasteiger partial charge in [-0.3, -0.25) is 34.6 Å². The Balaban J connectivity index is 1.61. The molecular weight excluding hydrogens is 640 g/mol. The van der Waals surface area contributed by atoms with Gasteiger partial charge >= 0.3 is 0 Å². The molecule has 5 rings (SSSR count). The Morgan fingerprint density at radius 2 is 1.54 bits per heavy atom. The van der Waals surface area contributed by atoms with Gasteiger partial charge in [0, 0.05) is 26.8 Å².